The van der Waals surface area contributed by atoms with Gasteiger partial charge in [0, 0.05) is 34.9 Å². The average molecular weight is 499 g/mol. The van der Waals surface area contributed by atoms with Gasteiger partial charge in [-0.25, -0.2) is 4.98 Å². The predicted octanol–water partition coefficient (Wildman–Crippen LogP) is 5.88. The molecule has 7 heteroatoms. The van der Waals surface area contributed by atoms with Crippen LogP contribution in [0.4, 0.5) is 5.95 Å². The van der Waals surface area contributed by atoms with Crippen LogP contribution in [0.25, 0.3) is 16.9 Å². The van der Waals surface area contributed by atoms with E-state index >= 15 is 0 Å². The Bertz CT molecular complexity index is 1360. The second-order valence-corrected chi connectivity index (χ2v) is 9.60. The lowest BCUT2D eigenvalue weighted by Gasteiger charge is -2.22. The number of anilines is 1. The van der Waals surface area contributed by atoms with E-state index in [4.69, 9.17) is 16.6 Å². The van der Waals surface area contributed by atoms with Crippen LogP contribution in [0.5, 0.6) is 0 Å². The quantitative estimate of drug-likeness (QED) is 0.330. The van der Waals surface area contributed by atoms with Crippen molar-refractivity contribution in [3.63, 3.8) is 0 Å². The number of rotatable bonds is 8. The standard InChI is InChI=1S/C29H27ClN4O2/c1-20-7-15-25(16-8-20)34-18-26(22-11-13-24(30)14-12-22)31-29(34)32-27(35)19-33(28(36)23-9-10-23)17-21-5-3-2-4-6-21/h2-8,11-16,18,23H,9-10,17,19H2,1H3,(H,31,32,35). The van der Waals surface area contributed by atoms with Gasteiger partial charge in [-0.15, -0.1) is 0 Å². The van der Waals surface area contributed by atoms with Crippen molar-refractivity contribution in [3.8, 4) is 16.9 Å². The lowest BCUT2D eigenvalue weighted by Crippen LogP contribution is -2.38. The van der Waals surface area contributed by atoms with Crippen molar-refractivity contribution in [2.45, 2.75) is 26.3 Å². The second-order valence-electron chi connectivity index (χ2n) is 9.16. The van der Waals surface area contributed by atoms with Gasteiger partial charge in [-0.05, 0) is 49.6 Å². The van der Waals surface area contributed by atoms with E-state index in [9.17, 15) is 9.59 Å². The number of nitrogens with zero attached hydrogens (tertiary/aromatic N) is 3. The summed E-state index contributed by atoms with van der Waals surface area (Å²) in [6.45, 7) is 2.38. The van der Waals surface area contributed by atoms with Crippen LogP contribution in [0.2, 0.25) is 5.02 Å². The highest BCUT2D eigenvalue weighted by Crippen LogP contribution is 2.31. The molecule has 1 saturated carbocycles. The summed E-state index contributed by atoms with van der Waals surface area (Å²) in [6, 6.07) is 25.1. The molecule has 182 valence electrons. The maximum Gasteiger partial charge on any atom is 0.246 e. The van der Waals surface area contributed by atoms with E-state index in [1.807, 2.05) is 96.6 Å². The number of hydrogen-bond donors (Lipinski definition) is 1. The third kappa shape index (κ3) is 5.66. The normalized spacial score (nSPS) is 12.8. The number of hydrogen-bond acceptors (Lipinski definition) is 3. The monoisotopic (exact) mass is 498 g/mol. The zero-order valence-corrected chi connectivity index (χ0v) is 20.8. The van der Waals surface area contributed by atoms with Gasteiger partial charge in [-0.3, -0.25) is 19.5 Å². The second kappa shape index (κ2) is 10.4. The van der Waals surface area contributed by atoms with E-state index in [1.54, 1.807) is 4.90 Å². The van der Waals surface area contributed by atoms with Crippen LogP contribution in [0.15, 0.2) is 85.1 Å². The Labute approximate surface area is 215 Å². The highest BCUT2D eigenvalue weighted by Gasteiger charge is 2.34. The van der Waals surface area contributed by atoms with Gasteiger partial charge in [-0.1, -0.05) is 71.8 Å². The lowest BCUT2D eigenvalue weighted by atomic mass is 10.2. The van der Waals surface area contributed by atoms with Crippen molar-refractivity contribution in [2.24, 2.45) is 5.92 Å². The van der Waals surface area contributed by atoms with E-state index in [1.165, 1.54) is 0 Å². The number of imidazole rings is 1. The molecule has 1 fully saturated rings. The largest absolute Gasteiger partial charge is 0.329 e. The van der Waals surface area contributed by atoms with E-state index < -0.39 is 0 Å². The summed E-state index contributed by atoms with van der Waals surface area (Å²) < 4.78 is 1.85. The number of aromatic nitrogens is 2. The molecule has 0 atom stereocenters. The van der Waals surface area contributed by atoms with Gasteiger partial charge >= 0.3 is 0 Å². The number of nitrogens with one attached hydrogen (secondary N) is 1. The Morgan fingerprint density at radius 2 is 1.69 bits per heavy atom. The van der Waals surface area contributed by atoms with Gasteiger partial charge in [0.25, 0.3) is 0 Å². The summed E-state index contributed by atoms with van der Waals surface area (Å²) in [7, 11) is 0. The third-order valence-electron chi connectivity index (χ3n) is 6.20. The summed E-state index contributed by atoms with van der Waals surface area (Å²) in [5.41, 5.74) is 4.59. The Balaban J connectivity index is 1.41. The van der Waals surface area contributed by atoms with Crippen molar-refractivity contribution < 1.29 is 9.59 Å². The minimum Gasteiger partial charge on any atom is -0.329 e. The summed E-state index contributed by atoms with van der Waals surface area (Å²) in [5.74, 6) is 0.152. The fourth-order valence-electron chi connectivity index (χ4n) is 4.07. The molecule has 3 aromatic carbocycles. The van der Waals surface area contributed by atoms with Crippen LogP contribution in [-0.4, -0.2) is 32.8 Å². The van der Waals surface area contributed by atoms with Gasteiger partial charge in [-0.2, -0.15) is 0 Å². The van der Waals surface area contributed by atoms with Gasteiger partial charge < -0.3 is 4.90 Å². The number of benzene rings is 3. The SMILES string of the molecule is Cc1ccc(-n2cc(-c3ccc(Cl)cc3)nc2NC(=O)CN(Cc2ccccc2)C(=O)C2CC2)cc1. The smallest absolute Gasteiger partial charge is 0.246 e. The van der Waals surface area contributed by atoms with Crippen LogP contribution in [0.1, 0.15) is 24.0 Å². The van der Waals surface area contributed by atoms with Crippen LogP contribution in [0, 0.1) is 12.8 Å². The summed E-state index contributed by atoms with van der Waals surface area (Å²) in [5, 5.41) is 3.59. The first-order valence-corrected chi connectivity index (χ1v) is 12.4. The molecular weight excluding hydrogens is 472 g/mol. The molecule has 4 aromatic rings. The van der Waals surface area contributed by atoms with E-state index in [0.717, 1.165) is 35.2 Å². The molecule has 1 aliphatic carbocycles. The fourth-order valence-corrected chi connectivity index (χ4v) is 4.20. The number of aryl methyl sites for hydroxylation is 1. The van der Waals surface area contributed by atoms with Gasteiger partial charge in [0.2, 0.25) is 17.8 Å². The lowest BCUT2D eigenvalue weighted by molar-refractivity contribution is -0.136. The first-order valence-electron chi connectivity index (χ1n) is 12.0. The Morgan fingerprint density at radius 3 is 2.36 bits per heavy atom. The molecule has 0 bridgehead atoms. The van der Waals surface area contributed by atoms with Crippen LogP contribution < -0.4 is 5.32 Å². The molecule has 1 N–H and O–H groups in total. The molecule has 1 aromatic heterocycles. The maximum atomic E-state index is 13.2. The Hall–Kier alpha value is -3.90. The first-order chi connectivity index (χ1) is 17.5. The zero-order chi connectivity index (χ0) is 25.1. The molecular formula is C29H27ClN4O2. The molecule has 36 heavy (non-hydrogen) atoms. The molecule has 0 saturated heterocycles. The molecule has 5 rings (SSSR count). The van der Waals surface area contributed by atoms with Crippen LogP contribution in [-0.2, 0) is 16.1 Å². The first kappa shape index (κ1) is 23.8. The van der Waals surface area contributed by atoms with Crippen LogP contribution in [0.3, 0.4) is 0 Å². The van der Waals surface area contributed by atoms with Crippen molar-refractivity contribution in [1.29, 1.82) is 0 Å². The molecule has 6 nitrogen and oxygen atoms in total. The fraction of sp³-hybridized carbons (Fsp3) is 0.207. The number of carbonyl (C=O) groups is 2. The summed E-state index contributed by atoms with van der Waals surface area (Å²) >= 11 is 6.06. The Morgan fingerprint density at radius 1 is 1.00 bits per heavy atom. The van der Waals surface area contributed by atoms with Crippen molar-refractivity contribution in [1.82, 2.24) is 14.5 Å². The minimum atomic E-state index is -0.290. The summed E-state index contributed by atoms with van der Waals surface area (Å²) in [6.07, 6.45) is 3.66. The van der Waals surface area contributed by atoms with Crippen molar-refractivity contribution in [2.75, 3.05) is 11.9 Å². The maximum absolute atomic E-state index is 13.2. The highest BCUT2D eigenvalue weighted by molar-refractivity contribution is 6.30. The van der Waals surface area contributed by atoms with Crippen molar-refractivity contribution in [3.05, 3.63) is 101 Å². The summed E-state index contributed by atoms with van der Waals surface area (Å²) in [4.78, 5) is 32.5. The highest BCUT2D eigenvalue weighted by atomic mass is 35.5. The molecule has 0 aliphatic heterocycles. The van der Waals surface area contributed by atoms with Crippen LogP contribution >= 0.6 is 11.6 Å². The average Bonchev–Trinajstić information content (AvgIpc) is 3.65. The number of amides is 2. The van der Waals surface area contributed by atoms with E-state index in [0.29, 0.717) is 23.2 Å². The molecule has 1 heterocycles. The topological polar surface area (TPSA) is 67.2 Å². The molecule has 1 aliphatic rings. The predicted molar refractivity (Wildman–Crippen MR) is 142 cm³/mol. The molecule has 0 spiro atoms. The number of carbonyl (C=O) groups excluding carboxylic acids is 2. The minimum absolute atomic E-state index is 0.0209. The Kier molecular flexibility index (Phi) is 6.87. The third-order valence-corrected chi connectivity index (χ3v) is 6.45. The van der Waals surface area contributed by atoms with Gasteiger partial charge in [0.05, 0.1) is 5.69 Å². The molecule has 0 radical (unpaired) electrons. The zero-order valence-electron chi connectivity index (χ0n) is 20.0. The van der Waals surface area contributed by atoms with E-state index in [-0.39, 0.29) is 24.3 Å². The van der Waals surface area contributed by atoms with Crippen molar-refractivity contribution >= 4 is 29.4 Å². The molecule has 2 amide bonds. The van der Waals surface area contributed by atoms with E-state index in [2.05, 4.69) is 5.32 Å². The molecule has 0 unspecified atom stereocenters. The number of halogens is 1. The van der Waals surface area contributed by atoms with Gasteiger partial charge in [0.1, 0.15) is 6.54 Å². The van der Waals surface area contributed by atoms with Gasteiger partial charge in [0.15, 0.2) is 0 Å².